The van der Waals surface area contributed by atoms with Crippen molar-refractivity contribution < 1.29 is 17.9 Å². The van der Waals surface area contributed by atoms with Crippen molar-refractivity contribution in [2.24, 2.45) is 0 Å². The summed E-state index contributed by atoms with van der Waals surface area (Å²) in [5.41, 5.74) is 0.296. The fraction of sp³-hybridized carbons (Fsp3) is 0.412. The summed E-state index contributed by atoms with van der Waals surface area (Å²) in [7, 11) is -2.24. The Morgan fingerprint density at radius 1 is 1.44 bits per heavy atom. The largest absolute Gasteiger partial charge is 0.495 e. The highest BCUT2D eigenvalue weighted by Crippen LogP contribution is 2.31. The zero-order valence-electron chi connectivity index (χ0n) is 15.4. The summed E-state index contributed by atoms with van der Waals surface area (Å²) in [6.07, 6.45) is 6.97. The van der Waals surface area contributed by atoms with Crippen LogP contribution in [0.15, 0.2) is 36.9 Å². The van der Waals surface area contributed by atoms with E-state index in [0.29, 0.717) is 30.9 Å². The van der Waals surface area contributed by atoms with E-state index in [1.54, 1.807) is 24.7 Å². The molecule has 0 unspecified atom stereocenters. The van der Waals surface area contributed by atoms with Crippen molar-refractivity contribution in [3.63, 3.8) is 0 Å². The van der Waals surface area contributed by atoms with Gasteiger partial charge in [-0.15, -0.1) is 0 Å². The molecule has 1 atom stereocenters. The van der Waals surface area contributed by atoms with E-state index in [-0.39, 0.29) is 5.02 Å². The number of amides is 1. The third kappa shape index (κ3) is 5.61. The number of rotatable bonds is 9. The van der Waals surface area contributed by atoms with Crippen LogP contribution in [-0.4, -0.2) is 49.8 Å². The van der Waals surface area contributed by atoms with Gasteiger partial charge in [-0.25, -0.2) is 13.4 Å². The van der Waals surface area contributed by atoms with Gasteiger partial charge in [0.25, 0.3) is 0 Å². The molecular formula is C17H23ClN4O4S. The number of hydrogen-bond acceptors (Lipinski definition) is 5. The molecule has 148 valence electrons. The van der Waals surface area contributed by atoms with Crippen molar-refractivity contribution in [3.05, 3.63) is 41.9 Å². The molecule has 2 aromatic rings. The Balaban J connectivity index is 2.06. The second-order valence-corrected chi connectivity index (χ2v) is 8.27. The van der Waals surface area contributed by atoms with Crippen LogP contribution in [0.2, 0.25) is 5.02 Å². The third-order valence-corrected chi connectivity index (χ3v) is 5.47. The van der Waals surface area contributed by atoms with Crippen LogP contribution in [0.25, 0.3) is 0 Å². The maximum absolute atomic E-state index is 12.5. The van der Waals surface area contributed by atoms with Crippen LogP contribution in [0.5, 0.6) is 5.75 Å². The first-order valence-electron chi connectivity index (χ1n) is 8.30. The molecule has 0 saturated heterocycles. The molecule has 0 aliphatic rings. The smallest absolute Gasteiger partial charge is 0.243 e. The number of imidazole rings is 1. The molecule has 0 spiro atoms. The van der Waals surface area contributed by atoms with E-state index in [0.717, 1.165) is 10.6 Å². The second kappa shape index (κ2) is 9.09. The summed E-state index contributed by atoms with van der Waals surface area (Å²) < 4.78 is 32.6. The number of methoxy groups -OCH3 is 1. The average molecular weight is 415 g/mol. The number of aromatic nitrogens is 2. The number of carbonyl (C=O) groups is 1. The third-order valence-electron chi connectivity index (χ3n) is 3.93. The maximum Gasteiger partial charge on any atom is 0.243 e. The Morgan fingerprint density at radius 3 is 2.74 bits per heavy atom. The quantitative estimate of drug-likeness (QED) is 0.632. The number of halogens is 1. The summed E-state index contributed by atoms with van der Waals surface area (Å²) >= 11 is 6.10. The van der Waals surface area contributed by atoms with E-state index in [1.165, 1.54) is 20.1 Å². The Morgan fingerprint density at radius 2 is 2.19 bits per heavy atom. The molecule has 1 aromatic heterocycles. The van der Waals surface area contributed by atoms with Crippen molar-refractivity contribution in [2.45, 2.75) is 25.9 Å². The van der Waals surface area contributed by atoms with Gasteiger partial charge in [-0.05, 0) is 31.5 Å². The molecule has 0 radical (unpaired) electrons. The second-order valence-electron chi connectivity index (χ2n) is 6.00. The monoisotopic (exact) mass is 414 g/mol. The molecule has 0 bridgehead atoms. The van der Waals surface area contributed by atoms with Crippen LogP contribution >= 0.6 is 11.6 Å². The summed E-state index contributed by atoms with van der Waals surface area (Å²) in [6, 6.07) is 3.64. The summed E-state index contributed by atoms with van der Waals surface area (Å²) in [4.78, 5) is 16.4. The van der Waals surface area contributed by atoms with Crippen molar-refractivity contribution in [1.82, 2.24) is 14.9 Å². The first-order valence-corrected chi connectivity index (χ1v) is 10.5. The lowest BCUT2D eigenvalue weighted by Gasteiger charge is -2.28. The van der Waals surface area contributed by atoms with Gasteiger partial charge < -0.3 is 14.6 Å². The highest BCUT2D eigenvalue weighted by atomic mass is 35.5. The molecule has 0 fully saturated rings. The van der Waals surface area contributed by atoms with Gasteiger partial charge >= 0.3 is 0 Å². The summed E-state index contributed by atoms with van der Waals surface area (Å²) in [5, 5.41) is 3.03. The van der Waals surface area contributed by atoms with Gasteiger partial charge in [0.05, 0.1) is 30.4 Å². The van der Waals surface area contributed by atoms with E-state index in [1.807, 2.05) is 10.8 Å². The lowest BCUT2D eigenvalue weighted by Crippen LogP contribution is -2.48. The normalized spacial score (nSPS) is 12.4. The Kier molecular flexibility index (Phi) is 7.09. The highest BCUT2D eigenvalue weighted by molar-refractivity contribution is 7.92. The van der Waals surface area contributed by atoms with E-state index in [2.05, 4.69) is 10.3 Å². The van der Waals surface area contributed by atoms with Gasteiger partial charge in [-0.2, -0.15) is 0 Å². The van der Waals surface area contributed by atoms with Crippen LogP contribution in [-0.2, 0) is 21.4 Å². The number of benzene rings is 1. The number of carbonyl (C=O) groups excluding carboxylic acids is 1. The van der Waals surface area contributed by atoms with E-state index >= 15 is 0 Å². The van der Waals surface area contributed by atoms with Crippen LogP contribution in [0, 0.1) is 0 Å². The number of nitrogens with one attached hydrogen (secondary N) is 1. The van der Waals surface area contributed by atoms with E-state index in [9.17, 15) is 13.2 Å². The van der Waals surface area contributed by atoms with Gasteiger partial charge in [0.2, 0.25) is 15.9 Å². The molecule has 27 heavy (non-hydrogen) atoms. The average Bonchev–Trinajstić information content (AvgIpc) is 3.11. The standard InChI is InChI=1S/C17H23ClN4O4S/c1-13(17(23)20-7-4-9-21-10-8-19-12-21)22(27(3,24)25)14-5-6-16(26-2)15(18)11-14/h5-6,8,10-13H,4,7,9H2,1-3H3,(H,20,23)/t13-/m1/s1. The molecular weight excluding hydrogens is 392 g/mol. The maximum atomic E-state index is 12.5. The van der Waals surface area contributed by atoms with Gasteiger partial charge in [0, 0.05) is 25.5 Å². The topological polar surface area (TPSA) is 93.5 Å². The van der Waals surface area contributed by atoms with Gasteiger partial charge in [-0.3, -0.25) is 9.10 Å². The minimum atomic E-state index is -3.70. The number of aryl methyl sites for hydroxylation is 1. The summed E-state index contributed by atoms with van der Waals surface area (Å²) in [6.45, 7) is 2.66. The van der Waals surface area contributed by atoms with Crippen LogP contribution < -0.4 is 14.4 Å². The Bertz CT molecular complexity index is 871. The van der Waals surface area contributed by atoms with E-state index < -0.39 is 22.0 Å². The SMILES string of the molecule is COc1ccc(N([C@H](C)C(=O)NCCCn2ccnc2)S(C)(=O)=O)cc1Cl. The fourth-order valence-electron chi connectivity index (χ4n) is 2.64. The predicted molar refractivity (Wildman–Crippen MR) is 105 cm³/mol. The van der Waals surface area contributed by atoms with E-state index in [4.69, 9.17) is 16.3 Å². The first-order chi connectivity index (χ1) is 12.7. The zero-order chi connectivity index (χ0) is 20.0. The van der Waals surface area contributed by atoms with Crippen LogP contribution in [0.3, 0.4) is 0 Å². The predicted octanol–water partition coefficient (Wildman–Crippen LogP) is 1.91. The molecule has 1 amide bonds. The Labute approximate surface area is 164 Å². The fourth-order valence-corrected chi connectivity index (χ4v) is 4.06. The Hall–Kier alpha value is -2.26. The van der Waals surface area contributed by atoms with Crippen molar-refractivity contribution in [2.75, 3.05) is 24.2 Å². The lowest BCUT2D eigenvalue weighted by atomic mass is 10.2. The number of nitrogens with zero attached hydrogens (tertiary/aromatic N) is 3. The molecule has 2 rings (SSSR count). The minimum Gasteiger partial charge on any atom is -0.495 e. The van der Waals surface area contributed by atoms with Crippen LogP contribution in [0.4, 0.5) is 5.69 Å². The van der Waals surface area contributed by atoms with Gasteiger partial charge in [0.1, 0.15) is 11.8 Å². The van der Waals surface area contributed by atoms with Crippen molar-refractivity contribution >= 4 is 33.2 Å². The molecule has 8 nitrogen and oxygen atoms in total. The molecule has 1 N–H and O–H groups in total. The van der Waals surface area contributed by atoms with Gasteiger partial charge in [-0.1, -0.05) is 11.6 Å². The van der Waals surface area contributed by atoms with Gasteiger partial charge in [0.15, 0.2) is 0 Å². The molecule has 1 heterocycles. The molecule has 0 aliphatic carbocycles. The molecule has 0 aliphatic heterocycles. The molecule has 0 saturated carbocycles. The number of ether oxygens (including phenoxy) is 1. The first kappa shape index (κ1) is 21.0. The molecule has 1 aromatic carbocycles. The number of anilines is 1. The van der Waals surface area contributed by atoms with Crippen molar-refractivity contribution in [1.29, 1.82) is 0 Å². The zero-order valence-corrected chi connectivity index (χ0v) is 17.0. The number of hydrogen-bond donors (Lipinski definition) is 1. The van der Waals surface area contributed by atoms with Crippen molar-refractivity contribution in [3.8, 4) is 5.75 Å². The number of sulfonamides is 1. The highest BCUT2D eigenvalue weighted by Gasteiger charge is 2.29. The minimum absolute atomic E-state index is 0.261. The lowest BCUT2D eigenvalue weighted by molar-refractivity contribution is -0.121. The molecule has 10 heteroatoms. The van der Waals surface area contributed by atoms with Crippen LogP contribution in [0.1, 0.15) is 13.3 Å². The summed E-state index contributed by atoms with van der Waals surface area (Å²) in [5.74, 6) is 0.0310.